The van der Waals surface area contributed by atoms with Crippen molar-refractivity contribution in [3.05, 3.63) is 35.4 Å². The van der Waals surface area contributed by atoms with Gasteiger partial charge in [0.25, 0.3) is 0 Å². The zero-order valence-corrected chi connectivity index (χ0v) is 8.82. The average molecular weight is 205 g/mol. The monoisotopic (exact) mass is 205 g/mol. The van der Waals surface area contributed by atoms with E-state index in [0.29, 0.717) is 19.6 Å². The standard InChI is InChI=1S/C12H15NO2/c1-9-4-2-3-5-10(9)11-8-15-7-6-12(14)13-11/h2-5,11H,6-8H2,1H3,(H,13,14)/t11-/m0/s1. The largest absolute Gasteiger partial charge is 0.378 e. The second kappa shape index (κ2) is 4.45. The molecule has 0 radical (unpaired) electrons. The van der Waals surface area contributed by atoms with Crippen LogP contribution in [-0.2, 0) is 9.53 Å². The van der Waals surface area contributed by atoms with Gasteiger partial charge in [-0.15, -0.1) is 0 Å². The van der Waals surface area contributed by atoms with Crippen LogP contribution < -0.4 is 5.32 Å². The summed E-state index contributed by atoms with van der Waals surface area (Å²) in [5.74, 6) is 0.0701. The van der Waals surface area contributed by atoms with Crippen LogP contribution in [0.25, 0.3) is 0 Å². The third kappa shape index (κ3) is 2.36. The summed E-state index contributed by atoms with van der Waals surface area (Å²) in [6.45, 7) is 3.14. The highest BCUT2D eigenvalue weighted by Gasteiger charge is 2.19. The average Bonchev–Trinajstić information content (AvgIpc) is 2.43. The fourth-order valence-electron chi connectivity index (χ4n) is 1.82. The first-order chi connectivity index (χ1) is 7.27. The lowest BCUT2D eigenvalue weighted by atomic mass is 10.0. The molecule has 2 rings (SSSR count). The number of benzene rings is 1. The smallest absolute Gasteiger partial charge is 0.222 e. The van der Waals surface area contributed by atoms with E-state index in [-0.39, 0.29) is 11.9 Å². The lowest BCUT2D eigenvalue weighted by Crippen LogP contribution is -2.28. The Hall–Kier alpha value is -1.35. The lowest BCUT2D eigenvalue weighted by molar-refractivity contribution is -0.121. The fraction of sp³-hybridized carbons (Fsp3) is 0.417. The van der Waals surface area contributed by atoms with Crippen molar-refractivity contribution in [3.63, 3.8) is 0 Å². The van der Waals surface area contributed by atoms with Crippen molar-refractivity contribution in [1.29, 1.82) is 0 Å². The van der Waals surface area contributed by atoms with Crippen molar-refractivity contribution in [3.8, 4) is 0 Å². The van der Waals surface area contributed by atoms with E-state index in [1.807, 2.05) is 31.2 Å². The molecular formula is C12H15NO2. The second-order valence-electron chi connectivity index (χ2n) is 3.80. The maximum atomic E-state index is 11.4. The summed E-state index contributed by atoms with van der Waals surface area (Å²) < 4.78 is 5.40. The number of hydrogen-bond donors (Lipinski definition) is 1. The summed E-state index contributed by atoms with van der Waals surface area (Å²) >= 11 is 0. The highest BCUT2D eigenvalue weighted by molar-refractivity contribution is 5.76. The molecule has 15 heavy (non-hydrogen) atoms. The SMILES string of the molecule is Cc1ccccc1[C@@H]1COCCC(=O)N1. The van der Waals surface area contributed by atoms with E-state index in [1.54, 1.807) is 0 Å². The third-order valence-corrected chi connectivity index (χ3v) is 2.66. The molecule has 0 saturated carbocycles. The van der Waals surface area contributed by atoms with Crippen molar-refractivity contribution < 1.29 is 9.53 Å². The topological polar surface area (TPSA) is 38.3 Å². The normalized spacial score (nSPS) is 21.9. The van der Waals surface area contributed by atoms with Gasteiger partial charge in [-0.05, 0) is 18.1 Å². The summed E-state index contributed by atoms with van der Waals surface area (Å²) in [6.07, 6.45) is 0.461. The quantitative estimate of drug-likeness (QED) is 0.755. The third-order valence-electron chi connectivity index (χ3n) is 2.66. The Labute approximate surface area is 89.4 Å². The van der Waals surface area contributed by atoms with E-state index < -0.39 is 0 Å². The van der Waals surface area contributed by atoms with Gasteiger partial charge in [-0.1, -0.05) is 24.3 Å². The molecule has 1 heterocycles. The van der Waals surface area contributed by atoms with Gasteiger partial charge in [-0.3, -0.25) is 4.79 Å². The molecular weight excluding hydrogens is 190 g/mol. The van der Waals surface area contributed by atoms with Crippen LogP contribution in [0.5, 0.6) is 0 Å². The number of carbonyl (C=O) groups is 1. The van der Waals surface area contributed by atoms with Gasteiger partial charge in [0.1, 0.15) is 0 Å². The molecule has 1 aliphatic heterocycles. The van der Waals surface area contributed by atoms with Gasteiger partial charge in [0, 0.05) is 6.42 Å². The van der Waals surface area contributed by atoms with Crippen LogP contribution in [0.4, 0.5) is 0 Å². The number of aryl methyl sites for hydroxylation is 1. The molecule has 1 amide bonds. The number of ether oxygens (including phenoxy) is 1. The van der Waals surface area contributed by atoms with Gasteiger partial charge < -0.3 is 10.1 Å². The Kier molecular flexibility index (Phi) is 3.02. The van der Waals surface area contributed by atoms with E-state index in [2.05, 4.69) is 5.32 Å². The molecule has 80 valence electrons. The van der Waals surface area contributed by atoms with E-state index in [1.165, 1.54) is 5.56 Å². The van der Waals surface area contributed by atoms with Crippen molar-refractivity contribution in [1.82, 2.24) is 5.32 Å². The predicted molar refractivity (Wildman–Crippen MR) is 57.5 cm³/mol. The lowest BCUT2D eigenvalue weighted by Gasteiger charge is -2.17. The fourth-order valence-corrected chi connectivity index (χ4v) is 1.82. The van der Waals surface area contributed by atoms with Gasteiger partial charge in [-0.25, -0.2) is 0 Å². The molecule has 1 atom stereocenters. The number of amides is 1. The van der Waals surface area contributed by atoms with Crippen molar-refractivity contribution >= 4 is 5.91 Å². The van der Waals surface area contributed by atoms with E-state index in [4.69, 9.17) is 4.74 Å². The first-order valence-electron chi connectivity index (χ1n) is 5.20. The highest BCUT2D eigenvalue weighted by atomic mass is 16.5. The Balaban J connectivity index is 2.22. The summed E-state index contributed by atoms with van der Waals surface area (Å²) in [7, 11) is 0. The molecule has 0 bridgehead atoms. The maximum Gasteiger partial charge on any atom is 0.222 e. The van der Waals surface area contributed by atoms with Crippen LogP contribution in [0, 0.1) is 6.92 Å². The Bertz CT molecular complexity index is 362. The van der Waals surface area contributed by atoms with Gasteiger partial charge >= 0.3 is 0 Å². The zero-order valence-electron chi connectivity index (χ0n) is 8.82. The molecule has 1 saturated heterocycles. The summed E-state index contributed by atoms with van der Waals surface area (Å²) in [4.78, 5) is 11.4. The molecule has 1 fully saturated rings. The van der Waals surface area contributed by atoms with Crippen LogP contribution in [0.3, 0.4) is 0 Å². The van der Waals surface area contributed by atoms with E-state index >= 15 is 0 Å². The minimum atomic E-state index is 0.00111. The van der Waals surface area contributed by atoms with Gasteiger partial charge in [0.15, 0.2) is 0 Å². The molecule has 0 aromatic heterocycles. The molecule has 1 N–H and O–H groups in total. The van der Waals surface area contributed by atoms with Crippen LogP contribution >= 0.6 is 0 Å². The zero-order chi connectivity index (χ0) is 10.7. The molecule has 0 aliphatic carbocycles. The number of rotatable bonds is 1. The van der Waals surface area contributed by atoms with Crippen LogP contribution in [0.15, 0.2) is 24.3 Å². The van der Waals surface area contributed by atoms with Crippen molar-refractivity contribution in [2.75, 3.05) is 13.2 Å². The van der Waals surface area contributed by atoms with Crippen molar-refractivity contribution in [2.24, 2.45) is 0 Å². The summed E-state index contributed by atoms with van der Waals surface area (Å²) in [6, 6.07) is 8.07. The Morgan fingerprint density at radius 3 is 3.00 bits per heavy atom. The maximum absolute atomic E-state index is 11.4. The van der Waals surface area contributed by atoms with Gasteiger partial charge in [-0.2, -0.15) is 0 Å². The minimum Gasteiger partial charge on any atom is -0.378 e. The molecule has 1 aromatic carbocycles. The highest BCUT2D eigenvalue weighted by Crippen LogP contribution is 2.19. The summed E-state index contributed by atoms with van der Waals surface area (Å²) in [5, 5.41) is 2.97. The molecule has 0 unspecified atom stereocenters. The van der Waals surface area contributed by atoms with Crippen LogP contribution in [0.2, 0.25) is 0 Å². The minimum absolute atomic E-state index is 0.00111. The number of nitrogens with one attached hydrogen (secondary N) is 1. The summed E-state index contributed by atoms with van der Waals surface area (Å²) in [5.41, 5.74) is 2.33. The number of hydrogen-bond acceptors (Lipinski definition) is 2. The van der Waals surface area contributed by atoms with E-state index in [9.17, 15) is 4.79 Å². The first kappa shape index (κ1) is 10.2. The first-order valence-corrected chi connectivity index (χ1v) is 5.20. The molecule has 1 aromatic rings. The Morgan fingerprint density at radius 2 is 2.20 bits per heavy atom. The van der Waals surface area contributed by atoms with Gasteiger partial charge in [0.05, 0.1) is 19.3 Å². The number of carbonyl (C=O) groups excluding carboxylic acids is 1. The van der Waals surface area contributed by atoms with Crippen LogP contribution in [-0.4, -0.2) is 19.1 Å². The predicted octanol–water partition coefficient (Wildman–Crippen LogP) is 1.57. The molecule has 3 nitrogen and oxygen atoms in total. The molecule has 1 aliphatic rings. The van der Waals surface area contributed by atoms with Crippen molar-refractivity contribution in [2.45, 2.75) is 19.4 Å². The van der Waals surface area contributed by atoms with E-state index in [0.717, 1.165) is 5.56 Å². The second-order valence-corrected chi connectivity index (χ2v) is 3.80. The molecule has 3 heteroatoms. The molecule has 0 spiro atoms. The van der Waals surface area contributed by atoms with Gasteiger partial charge in [0.2, 0.25) is 5.91 Å². The Morgan fingerprint density at radius 1 is 1.40 bits per heavy atom. The van der Waals surface area contributed by atoms with Crippen LogP contribution in [0.1, 0.15) is 23.6 Å².